The van der Waals surface area contributed by atoms with Crippen molar-refractivity contribution in [3.63, 3.8) is 0 Å². The summed E-state index contributed by atoms with van der Waals surface area (Å²) in [5, 5.41) is 8.05. The number of urea groups is 1. The zero-order chi connectivity index (χ0) is 27.2. The standard InChI is InChI=1S/C28H27IN4O5/c1-17(18-6-4-3-5-7-18)25(26(35)31-21-12-10-20(29)11-13-21)33-27(36)24(32-28(33)37)19-8-14-22(15-9-19)38-16-23(34)30-2/h3-15,17,24-25H,16H2,1-2H3,(H,30,34)(H,31,35)(H,32,37)/t17?,24-,25?/m1/s1. The van der Waals surface area contributed by atoms with Gasteiger partial charge in [0.1, 0.15) is 17.8 Å². The Morgan fingerprint density at radius 2 is 1.66 bits per heavy atom. The van der Waals surface area contributed by atoms with E-state index in [1.165, 1.54) is 7.05 Å². The molecule has 5 amide bonds. The van der Waals surface area contributed by atoms with Gasteiger partial charge >= 0.3 is 6.03 Å². The van der Waals surface area contributed by atoms with Gasteiger partial charge in [0.25, 0.3) is 11.8 Å². The van der Waals surface area contributed by atoms with E-state index in [1.54, 1.807) is 36.4 Å². The first-order valence-electron chi connectivity index (χ1n) is 12.0. The highest BCUT2D eigenvalue weighted by Crippen LogP contribution is 2.31. The van der Waals surface area contributed by atoms with Crippen molar-refractivity contribution in [1.82, 2.24) is 15.5 Å². The molecule has 196 valence electrons. The second-order valence-electron chi connectivity index (χ2n) is 8.76. The van der Waals surface area contributed by atoms with E-state index in [2.05, 4.69) is 38.5 Å². The van der Waals surface area contributed by atoms with E-state index < -0.39 is 35.8 Å². The highest BCUT2D eigenvalue weighted by Gasteiger charge is 2.47. The molecule has 0 aromatic heterocycles. The number of hydrogen-bond donors (Lipinski definition) is 3. The summed E-state index contributed by atoms with van der Waals surface area (Å²) >= 11 is 2.17. The Morgan fingerprint density at radius 3 is 2.29 bits per heavy atom. The van der Waals surface area contributed by atoms with E-state index in [-0.39, 0.29) is 12.5 Å². The number of carbonyl (C=O) groups is 4. The Hall–Kier alpha value is -3.93. The predicted octanol–water partition coefficient (Wildman–Crippen LogP) is 3.82. The molecule has 3 aromatic carbocycles. The first-order valence-corrected chi connectivity index (χ1v) is 13.0. The van der Waals surface area contributed by atoms with Crippen LogP contribution in [0.2, 0.25) is 0 Å². The van der Waals surface area contributed by atoms with Gasteiger partial charge in [-0.3, -0.25) is 14.4 Å². The van der Waals surface area contributed by atoms with Crippen LogP contribution in [0.4, 0.5) is 10.5 Å². The summed E-state index contributed by atoms with van der Waals surface area (Å²) in [6, 6.07) is 20.4. The lowest BCUT2D eigenvalue weighted by Crippen LogP contribution is -2.50. The molecular formula is C28H27IN4O5. The van der Waals surface area contributed by atoms with Crippen molar-refractivity contribution in [2.24, 2.45) is 0 Å². The number of hydrogen-bond acceptors (Lipinski definition) is 5. The molecule has 0 aliphatic carbocycles. The molecule has 1 aliphatic heterocycles. The summed E-state index contributed by atoms with van der Waals surface area (Å²) in [4.78, 5) is 52.8. The highest BCUT2D eigenvalue weighted by molar-refractivity contribution is 14.1. The van der Waals surface area contributed by atoms with Crippen LogP contribution in [-0.4, -0.2) is 48.3 Å². The molecule has 1 heterocycles. The summed E-state index contributed by atoms with van der Waals surface area (Å²) < 4.78 is 6.42. The van der Waals surface area contributed by atoms with Crippen molar-refractivity contribution in [2.75, 3.05) is 19.0 Å². The summed E-state index contributed by atoms with van der Waals surface area (Å²) in [5.74, 6) is -1.30. The zero-order valence-electron chi connectivity index (χ0n) is 20.8. The van der Waals surface area contributed by atoms with Gasteiger partial charge in [-0.05, 0) is 70.1 Å². The van der Waals surface area contributed by atoms with Crippen molar-refractivity contribution in [3.8, 4) is 5.75 Å². The molecule has 1 fully saturated rings. The fraction of sp³-hybridized carbons (Fsp3) is 0.214. The van der Waals surface area contributed by atoms with Crippen LogP contribution in [0.5, 0.6) is 5.75 Å². The third-order valence-electron chi connectivity index (χ3n) is 6.29. The third-order valence-corrected chi connectivity index (χ3v) is 7.01. The Morgan fingerprint density at radius 1 is 1.00 bits per heavy atom. The highest BCUT2D eigenvalue weighted by atomic mass is 127. The number of ether oxygens (including phenoxy) is 1. The van der Waals surface area contributed by atoms with Crippen molar-refractivity contribution in [1.29, 1.82) is 0 Å². The van der Waals surface area contributed by atoms with Crippen molar-refractivity contribution < 1.29 is 23.9 Å². The van der Waals surface area contributed by atoms with Crippen LogP contribution < -0.4 is 20.7 Å². The largest absolute Gasteiger partial charge is 0.484 e. The van der Waals surface area contributed by atoms with Gasteiger partial charge in [0, 0.05) is 22.2 Å². The number of carbonyl (C=O) groups excluding carboxylic acids is 4. The quantitative estimate of drug-likeness (QED) is 0.247. The van der Waals surface area contributed by atoms with Crippen LogP contribution in [0.3, 0.4) is 0 Å². The Balaban J connectivity index is 1.59. The van der Waals surface area contributed by atoms with E-state index in [1.807, 2.05) is 49.4 Å². The number of halogens is 1. The van der Waals surface area contributed by atoms with Crippen molar-refractivity contribution in [2.45, 2.75) is 24.9 Å². The van der Waals surface area contributed by atoms with Crippen molar-refractivity contribution in [3.05, 3.63) is 93.6 Å². The number of benzene rings is 3. The van der Waals surface area contributed by atoms with Crippen LogP contribution in [0.25, 0.3) is 0 Å². The van der Waals surface area contributed by atoms with Crippen LogP contribution in [-0.2, 0) is 14.4 Å². The van der Waals surface area contributed by atoms with Gasteiger partial charge in [-0.1, -0.05) is 49.4 Å². The van der Waals surface area contributed by atoms with Gasteiger partial charge in [0.2, 0.25) is 5.91 Å². The average molecular weight is 626 g/mol. The van der Waals surface area contributed by atoms with Gasteiger partial charge in [-0.2, -0.15) is 0 Å². The number of imide groups is 1. The van der Waals surface area contributed by atoms with E-state index in [9.17, 15) is 19.2 Å². The monoisotopic (exact) mass is 626 g/mol. The van der Waals surface area contributed by atoms with Crippen LogP contribution >= 0.6 is 22.6 Å². The van der Waals surface area contributed by atoms with Gasteiger partial charge in [0.05, 0.1) is 0 Å². The topological polar surface area (TPSA) is 117 Å². The second kappa shape index (κ2) is 12.1. The lowest BCUT2D eigenvalue weighted by molar-refractivity contribution is -0.134. The molecular weight excluding hydrogens is 599 g/mol. The Labute approximate surface area is 234 Å². The lowest BCUT2D eigenvalue weighted by atomic mass is 9.91. The van der Waals surface area contributed by atoms with E-state index in [4.69, 9.17) is 4.74 Å². The van der Waals surface area contributed by atoms with Crippen LogP contribution in [0.1, 0.15) is 30.0 Å². The fourth-order valence-electron chi connectivity index (χ4n) is 4.22. The Bertz CT molecular complexity index is 1320. The first-order chi connectivity index (χ1) is 18.3. The fourth-order valence-corrected chi connectivity index (χ4v) is 4.58. The molecule has 4 rings (SSSR count). The maximum Gasteiger partial charge on any atom is 0.325 e. The van der Waals surface area contributed by atoms with Crippen LogP contribution in [0, 0.1) is 3.57 Å². The lowest BCUT2D eigenvalue weighted by Gasteiger charge is -2.30. The normalized spacial score (nSPS) is 16.4. The molecule has 0 bridgehead atoms. The third kappa shape index (κ3) is 6.13. The molecule has 1 aliphatic rings. The molecule has 0 saturated carbocycles. The van der Waals surface area contributed by atoms with E-state index in [0.717, 1.165) is 14.0 Å². The second-order valence-corrected chi connectivity index (χ2v) is 10.0. The molecule has 0 radical (unpaired) electrons. The van der Waals surface area contributed by atoms with Gasteiger partial charge < -0.3 is 20.7 Å². The SMILES string of the molecule is CNC(=O)COc1ccc([C@H]2NC(=O)N(C(C(=O)Nc3ccc(I)cc3)C(C)c3ccccc3)C2=O)cc1. The summed E-state index contributed by atoms with van der Waals surface area (Å²) in [7, 11) is 1.52. The van der Waals surface area contributed by atoms with Gasteiger partial charge in [0.15, 0.2) is 6.61 Å². The first kappa shape index (κ1) is 27.1. The smallest absolute Gasteiger partial charge is 0.325 e. The zero-order valence-corrected chi connectivity index (χ0v) is 23.0. The molecule has 2 unspecified atom stereocenters. The molecule has 3 N–H and O–H groups in total. The minimum atomic E-state index is -1.09. The molecule has 3 aromatic rings. The van der Waals surface area contributed by atoms with Crippen LogP contribution in [0.15, 0.2) is 78.9 Å². The van der Waals surface area contributed by atoms with E-state index >= 15 is 0 Å². The van der Waals surface area contributed by atoms with Crippen molar-refractivity contribution >= 4 is 52.0 Å². The molecule has 9 nitrogen and oxygen atoms in total. The molecule has 0 spiro atoms. The average Bonchev–Trinajstić information content (AvgIpc) is 3.22. The molecule has 3 atom stereocenters. The minimum Gasteiger partial charge on any atom is -0.484 e. The Kier molecular flexibility index (Phi) is 8.62. The number of rotatable bonds is 9. The number of nitrogens with one attached hydrogen (secondary N) is 3. The van der Waals surface area contributed by atoms with E-state index in [0.29, 0.717) is 17.0 Å². The molecule has 38 heavy (non-hydrogen) atoms. The van der Waals surface area contributed by atoms with Gasteiger partial charge in [-0.25, -0.2) is 9.69 Å². The molecule has 10 heteroatoms. The minimum absolute atomic E-state index is 0.141. The summed E-state index contributed by atoms with van der Waals surface area (Å²) in [6.45, 7) is 1.68. The number of nitrogens with zero attached hydrogens (tertiary/aromatic N) is 1. The predicted molar refractivity (Wildman–Crippen MR) is 151 cm³/mol. The maximum atomic E-state index is 13.6. The molecule has 1 saturated heterocycles. The number of amides is 5. The number of likely N-dealkylation sites (N-methyl/N-ethyl adjacent to an activating group) is 1. The van der Waals surface area contributed by atoms with Gasteiger partial charge in [-0.15, -0.1) is 0 Å². The maximum absolute atomic E-state index is 13.6. The number of anilines is 1. The summed E-state index contributed by atoms with van der Waals surface area (Å²) in [5.41, 5.74) is 1.91. The summed E-state index contributed by atoms with van der Waals surface area (Å²) in [6.07, 6.45) is 0.